The molecule has 4 heteroatoms. The van der Waals surface area contributed by atoms with E-state index in [1.165, 1.54) is 0 Å². The quantitative estimate of drug-likeness (QED) is 0.876. The number of hydrogen-bond donors (Lipinski definition) is 2. The number of para-hydroxylation sites is 1. The highest BCUT2D eigenvalue weighted by atomic mass is 35.5. The molecule has 1 aromatic carbocycles. The standard InChI is InChI=1S/C14H18ClNO2/c1-13(2)8-5-9-14(13,12(17)18)16-11-7-4-3-6-10(11)15/h3-4,6-7,16H,5,8-9H2,1-2H3,(H,17,18). The summed E-state index contributed by atoms with van der Waals surface area (Å²) in [6.45, 7) is 4.00. The molecule has 0 aromatic heterocycles. The summed E-state index contributed by atoms with van der Waals surface area (Å²) in [5.41, 5.74) is -0.535. The Labute approximate surface area is 112 Å². The molecular weight excluding hydrogens is 250 g/mol. The predicted molar refractivity (Wildman–Crippen MR) is 73.1 cm³/mol. The van der Waals surface area contributed by atoms with Gasteiger partial charge in [0.2, 0.25) is 0 Å². The molecule has 0 spiro atoms. The summed E-state index contributed by atoms with van der Waals surface area (Å²) < 4.78 is 0. The van der Waals surface area contributed by atoms with E-state index in [1.54, 1.807) is 6.07 Å². The first-order valence-corrected chi connectivity index (χ1v) is 6.53. The Morgan fingerprint density at radius 2 is 2.00 bits per heavy atom. The molecule has 0 heterocycles. The van der Waals surface area contributed by atoms with Crippen molar-refractivity contribution in [3.05, 3.63) is 29.3 Å². The minimum Gasteiger partial charge on any atom is -0.479 e. The number of anilines is 1. The Hall–Kier alpha value is -1.22. The van der Waals surface area contributed by atoms with E-state index in [0.717, 1.165) is 12.8 Å². The summed E-state index contributed by atoms with van der Waals surface area (Å²) >= 11 is 6.11. The van der Waals surface area contributed by atoms with Crippen LogP contribution in [0.5, 0.6) is 0 Å². The average molecular weight is 268 g/mol. The number of halogens is 1. The molecule has 0 radical (unpaired) electrons. The second-order valence-corrected chi connectivity index (χ2v) is 5.96. The van der Waals surface area contributed by atoms with Crippen molar-refractivity contribution in [2.24, 2.45) is 5.41 Å². The van der Waals surface area contributed by atoms with Gasteiger partial charge in [-0.3, -0.25) is 0 Å². The predicted octanol–water partition coefficient (Wildman–Crippen LogP) is 3.79. The van der Waals surface area contributed by atoms with Crippen LogP contribution in [0.4, 0.5) is 5.69 Å². The van der Waals surface area contributed by atoms with Gasteiger partial charge in [-0.25, -0.2) is 4.79 Å². The van der Waals surface area contributed by atoms with E-state index in [0.29, 0.717) is 17.1 Å². The Morgan fingerprint density at radius 1 is 1.33 bits per heavy atom. The van der Waals surface area contributed by atoms with Gasteiger partial charge in [-0.2, -0.15) is 0 Å². The normalized spacial score (nSPS) is 25.9. The number of aliphatic carboxylic acids is 1. The Bertz CT molecular complexity index is 473. The van der Waals surface area contributed by atoms with Gasteiger partial charge < -0.3 is 10.4 Å². The highest BCUT2D eigenvalue weighted by molar-refractivity contribution is 6.33. The topological polar surface area (TPSA) is 49.3 Å². The highest BCUT2D eigenvalue weighted by Gasteiger charge is 2.54. The first-order chi connectivity index (χ1) is 8.39. The molecule has 0 amide bonds. The number of nitrogens with one attached hydrogen (secondary N) is 1. The fraction of sp³-hybridized carbons (Fsp3) is 0.500. The van der Waals surface area contributed by atoms with Gasteiger partial charge in [0, 0.05) is 0 Å². The molecule has 1 fully saturated rings. The number of rotatable bonds is 3. The zero-order chi connectivity index (χ0) is 13.4. The van der Waals surface area contributed by atoms with Crippen molar-refractivity contribution in [1.82, 2.24) is 0 Å². The summed E-state index contributed by atoms with van der Waals surface area (Å²) in [4.78, 5) is 11.7. The SMILES string of the molecule is CC1(C)CCCC1(Nc1ccccc1Cl)C(=O)O. The van der Waals surface area contributed by atoms with Crippen molar-refractivity contribution in [2.75, 3.05) is 5.32 Å². The molecule has 0 bridgehead atoms. The third-order valence-electron chi connectivity index (χ3n) is 4.10. The minimum atomic E-state index is -0.933. The molecule has 1 unspecified atom stereocenters. The van der Waals surface area contributed by atoms with Crippen molar-refractivity contribution in [3.63, 3.8) is 0 Å². The van der Waals surface area contributed by atoms with E-state index >= 15 is 0 Å². The molecule has 18 heavy (non-hydrogen) atoms. The molecule has 1 aromatic rings. The molecule has 0 saturated heterocycles. The van der Waals surface area contributed by atoms with Crippen molar-refractivity contribution < 1.29 is 9.90 Å². The van der Waals surface area contributed by atoms with Crippen LogP contribution in [0.25, 0.3) is 0 Å². The number of benzene rings is 1. The second-order valence-electron chi connectivity index (χ2n) is 5.55. The molecule has 0 aliphatic heterocycles. The van der Waals surface area contributed by atoms with Crippen LogP contribution in [0.2, 0.25) is 5.02 Å². The average Bonchev–Trinajstić information content (AvgIpc) is 2.58. The van der Waals surface area contributed by atoms with Gasteiger partial charge in [-0.1, -0.05) is 37.6 Å². The van der Waals surface area contributed by atoms with E-state index in [9.17, 15) is 9.90 Å². The zero-order valence-corrected chi connectivity index (χ0v) is 11.4. The van der Waals surface area contributed by atoms with Gasteiger partial charge in [0.1, 0.15) is 5.54 Å². The first kappa shape index (κ1) is 13.2. The van der Waals surface area contributed by atoms with E-state index in [2.05, 4.69) is 5.32 Å². The van der Waals surface area contributed by atoms with Gasteiger partial charge in [0.15, 0.2) is 0 Å². The summed E-state index contributed by atoms with van der Waals surface area (Å²) in [7, 11) is 0. The summed E-state index contributed by atoms with van der Waals surface area (Å²) in [5.74, 6) is -0.801. The minimum absolute atomic E-state index is 0.294. The van der Waals surface area contributed by atoms with Crippen LogP contribution in [-0.4, -0.2) is 16.6 Å². The third-order valence-corrected chi connectivity index (χ3v) is 4.43. The van der Waals surface area contributed by atoms with E-state index < -0.39 is 11.5 Å². The number of carboxylic acid groups (broad SMARTS) is 1. The van der Waals surface area contributed by atoms with E-state index in [1.807, 2.05) is 32.0 Å². The Kier molecular flexibility index (Phi) is 3.28. The lowest BCUT2D eigenvalue weighted by Gasteiger charge is -2.39. The molecule has 2 N–H and O–H groups in total. The molecule has 1 aliphatic rings. The van der Waals surface area contributed by atoms with Crippen molar-refractivity contribution >= 4 is 23.3 Å². The maximum atomic E-state index is 11.7. The first-order valence-electron chi connectivity index (χ1n) is 6.15. The van der Waals surface area contributed by atoms with Gasteiger partial charge in [-0.15, -0.1) is 0 Å². The fourth-order valence-electron chi connectivity index (χ4n) is 2.82. The van der Waals surface area contributed by atoms with Crippen LogP contribution in [0.15, 0.2) is 24.3 Å². The Morgan fingerprint density at radius 3 is 2.50 bits per heavy atom. The molecular formula is C14H18ClNO2. The van der Waals surface area contributed by atoms with Crippen molar-refractivity contribution in [2.45, 2.75) is 38.6 Å². The van der Waals surface area contributed by atoms with Crippen LogP contribution in [0.3, 0.4) is 0 Å². The number of carboxylic acids is 1. The lowest BCUT2D eigenvalue weighted by atomic mass is 9.74. The monoisotopic (exact) mass is 267 g/mol. The highest BCUT2D eigenvalue weighted by Crippen LogP contribution is 2.48. The van der Waals surface area contributed by atoms with Crippen LogP contribution < -0.4 is 5.32 Å². The van der Waals surface area contributed by atoms with Crippen molar-refractivity contribution in [3.8, 4) is 0 Å². The van der Waals surface area contributed by atoms with Crippen LogP contribution >= 0.6 is 11.6 Å². The molecule has 98 valence electrons. The summed E-state index contributed by atoms with van der Waals surface area (Å²) in [6.07, 6.45) is 2.44. The largest absolute Gasteiger partial charge is 0.479 e. The van der Waals surface area contributed by atoms with Gasteiger partial charge in [0.25, 0.3) is 0 Å². The maximum absolute atomic E-state index is 11.7. The fourth-order valence-corrected chi connectivity index (χ4v) is 3.00. The molecule has 2 rings (SSSR count). The van der Waals surface area contributed by atoms with Crippen LogP contribution in [0, 0.1) is 5.41 Å². The number of hydrogen-bond acceptors (Lipinski definition) is 2. The van der Waals surface area contributed by atoms with Gasteiger partial charge >= 0.3 is 5.97 Å². The number of carbonyl (C=O) groups is 1. The maximum Gasteiger partial charge on any atom is 0.329 e. The van der Waals surface area contributed by atoms with E-state index in [-0.39, 0.29) is 5.41 Å². The van der Waals surface area contributed by atoms with Crippen LogP contribution in [0.1, 0.15) is 33.1 Å². The lowest BCUT2D eigenvalue weighted by Crippen LogP contribution is -2.54. The zero-order valence-electron chi connectivity index (χ0n) is 10.7. The molecule has 1 atom stereocenters. The Balaban J connectivity index is 2.40. The van der Waals surface area contributed by atoms with Crippen molar-refractivity contribution in [1.29, 1.82) is 0 Å². The summed E-state index contributed by atoms with van der Waals surface area (Å²) in [5, 5.41) is 13.4. The second kappa shape index (κ2) is 4.47. The van der Waals surface area contributed by atoms with Gasteiger partial charge in [-0.05, 0) is 36.8 Å². The molecule has 3 nitrogen and oxygen atoms in total. The van der Waals surface area contributed by atoms with Gasteiger partial charge in [0.05, 0.1) is 10.7 Å². The molecule has 1 saturated carbocycles. The summed E-state index contributed by atoms with van der Waals surface area (Å²) in [6, 6.07) is 7.27. The molecule has 1 aliphatic carbocycles. The van der Waals surface area contributed by atoms with E-state index in [4.69, 9.17) is 11.6 Å². The third kappa shape index (κ3) is 1.97. The lowest BCUT2D eigenvalue weighted by molar-refractivity contribution is -0.145. The van der Waals surface area contributed by atoms with Crippen LogP contribution in [-0.2, 0) is 4.79 Å². The smallest absolute Gasteiger partial charge is 0.329 e.